The van der Waals surface area contributed by atoms with E-state index in [-0.39, 0.29) is 12.3 Å². The quantitative estimate of drug-likeness (QED) is 0.795. The maximum absolute atomic E-state index is 13.1. The van der Waals surface area contributed by atoms with E-state index >= 15 is 0 Å². The first kappa shape index (κ1) is 17.9. The second-order valence-corrected chi connectivity index (χ2v) is 6.05. The van der Waals surface area contributed by atoms with E-state index in [9.17, 15) is 13.6 Å². The summed E-state index contributed by atoms with van der Waals surface area (Å²) >= 11 is 0. The molecule has 0 atom stereocenters. The third-order valence-corrected chi connectivity index (χ3v) is 3.79. The van der Waals surface area contributed by atoms with E-state index in [1.807, 2.05) is 25.1 Å². The molecule has 3 nitrogen and oxygen atoms in total. The Morgan fingerprint density at radius 3 is 2.54 bits per heavy atom. The van der Waals surface area contributed by atoms with Gasteiger partial charge in [-0.05, 0) is 42.2 Å². The molecular formula is C19H22F2N2O. The Bertz CT molecular complexity index is 729. The summed E-state index contributed by atoms with van der Waals surface area (Å²) in [6.07, 6.45) is 0.227. The van der Waals surface area contributed by atoms with E-state index in [1.54, 1.807) is 0 Å². The number of anilines is 2. The molecule has 0 unspecified atom stereocenters. The highest BCUT2D eigenvalue weighted by Crippen LogP contribution is 2.27. The van der Waals surface area contributed by atoms with Gasteiger partial charge in [0.15, 0.2) is 11.6 Å². The van der Waals surface area contributed by atoms with Gasteiger partial charge in [-0.2, -0.15) is 0 Å². The fraction of sp³-hybridized carbons (Fsp3) is 0.316. The summed E-state index contributed by atoms with van der Waals surface area (Å²) in [5.74, 6) is -1.62. The fourth-order valence-corrected chi connectivity index (χ4v) is 2.47. The third-order valence-electron chi connectivity index (χ3n) is 3.79. The van der Waals surface area contributed by atoms with Crippen molar-refractivity contribution in [3.63, 3.8) is 0 Å². The molecule has 0 spiro atoms. The van der Waals surface area contributed by atoms with E-state index in [0.717, 1.165) is 28.9 Å². The molecule has 1 amide bonds. The average molecular weight is 332 g/mol. The zero-order valence-corrected chi connectivity index (χ0v) is 14.1. The van der Waals surface area contributed by atoms with Crippen LogP contribution in [0.5, 0.6) is 0 Å². The van der Waals surface area contributed by atoms with Crippen LogP contribution in [0.4, 0.5) is 20.2 Å². The summed E-state index contributed by atoms with van der Waals surface area (Å²) in [7, 11) is 0. The molecule has 24 heavy (non-hydrogen) atoms. The highest BCUT2D eigenvalue weighted by atomic mass is 19.2. The molecule has 5 heteroatoms. The van der Waals surface area contributed by atoms with Gasteiger partial charge in [0.05, 0.1) is 0 Å². The fourth-order valence-electron chi connectivity index (χ4n) is 2.47. The Labute approximate surface area is 141 Å². The smallest absolute Gasteiger partial charge is 0.226 e. The summed E-state index contributed by atoms with van der Waals surface area (Å²) in [5.41, 5.74) is 3.41. The van der Waals surface area contributed by atoms with Crippen LogP contribution in [0.3, 0.4) is 0 Å². The van der Waals surface area contributed by atoms with Crippen molar-refractivity contribution in [1.29, 1.82) is 0 Å². The lowest BCUT2D eigenvalue weighted by atomic mass is 9.98. The highest BCUT2D eigenvalue weighted by Gasteiger charge is 2.12. The van der Waals surface area contributed by atoms with Crippen molar-refractivity contribution in [3.05, 3.63) is 59.2 Å². The number of aryl methyl sites for hydroxylation is 1. The molecule has 0 saturated heterocycles. The SMILES string of the molecule is Cc1cccc(C(C)C)c1NC(=O)CCNc1ccc(F)c(F)c1. The van der Waals surface area contributed by atoms with Gasteiger partial charge in [-0.25, -0.2) is 8.78 Å². The van der Waals surface area contributed by atoms with Crippen LogP contribution in [0.25, 0.3) is 0 Å². The van der Waals surface area contributed by atoms with Crippen LogP contribution < -0.4 is 10.6 Å². The molecular weight excluding hydrogens is 310 g/mol. The molecule has 2 rings (SSSR count). The monoisotopic (exact) mass is 332 g/mol. The summed E-state index contributed by atoms with van der Waals surface area (Å²) < 4.78 is 26.0. The molecule has 0 heterocycles. The number of carbonyl (C=O) groups excluding carboxylic acids is 1. The van der Waals surface area contributed by atoms with Crippen LogP contribution in [0, 0.1) is 18.6 Å². The second kappa shape index (κ2) is 7.90. The van der Waals surface area contributed by atoms with Gasteiger partial charge in [-0.15, -0.1) is 0 Å². The van der Waals surface area contributed by atoms with E-state index in [4.69, 9.17) is 0 Å². The number of hydrogen-bond acceptors (Lipinski definition) is 2. The van der Waals surface area contributed by atoms with E-state index in [1.165, 1.54) is 6.07 Å². The first-order valence-corrected chi connectivity index (χ1v) is 7.96. The first-order valence-electron chi connectivity index (χ1n) is 7.96. The second-order valence-electron chi connectivity index (χ2n) is 6.05. The standard InChI is InChI=1S/C19H22F2N2O/c1-12(2)15-6-4-5-13(3)19(15)23-18(24)9-10-22-14-7-8-16(20)17(21)11-14/h4-8,11-12,22H,9-10H2,1-3H3,(H,23,24). The summed E-state index contributed by atoms with van der Waals surface area (Å²) in [6, 6.07) is 9.51. The van der Waals surface area contributed by atoms with Gasteiger partial charge >= 0.3 is 0 Å². The van der Waals surface area contributed by atoms with Crippen LogP contribution in [-0.4, -0.2) is 12.5 Å². The molecule has 0 bridgehead atoms. The molecule has 2 N–H and O–H groups in total. The van der Waals surface area contributed by atoms with Crippen molar-refractivity contribution >= 4 is 17.3 Å². The zero-order chi connectivity index (χ0) is 17.7. The predicted octanol–water partition coefficient (Wildman–Crippen LogP) is 4.84. The van der Waals surface area contributed by atoms with Crippen LogP contribution in [-0.2, 0) is 4.79 Å². The lowest BCUT2D eigenvalue weighted by Crippen LogP contribution is -2.18. The van der Waals surface area contributed by atoms with E-state index < -0.39 is 11.6 Å². The number of hydrogen-bond donors (Lipinski definition) is 2. The van der Waals surface area contributed by atoms with Crippen molar-refractivity contribution in [3.8, 4) is 0 Å². The van der Waals surface area contributed by atoms with Crippen molar-refractivity contribution in [2.45, 2.75) is 33.1 Å². The Morgan fingerprint density at radius 1 is 1.12 bits per heavy atom. The predicted molar refractivity (Wildman–Crippen MR) is 93.4 cm³/mol. The lowest BCUT2D eigenvalue weighted by molar-refractivity contribution is -0.115. The zero-order valence-electron chi connectivity index (χ0n) is 14.1. The van der Waals surface area contributed by atoms with Gasteiger partial charge in [0.1, 0.15) is 0 Å². The highest BCUT2D eigenvalue weighted by molar-refractivity contribution is 5.92. The van der Waals surface area contributed by atoms with E-state index in [0.29, 0.717) is 18.2 Å². The van der Waals surface area contributed by atoms with Gasteiger partial charge in [0.25, 0.3) is 0 Å². The molecule has 0 aliphatic rings. The lowest BCUT2D eigenvalue weighted by Gasteiger charge is -2.16. The minimum Gasteiger partial charge on any atom is -0.384 e. The number of carbonyl (C=O) groups is 1. The van der Waals surface area contributed by atoms with Crippen LogP contribution in [0.2, 0.25) is 0 Å². The van der Waals surface area contributed by atoms with Crippen LogP contribution in [0.1, 0.15) is 37.3 Å². The Balaban J connectivity index is 1.93. The number of benzene rings is 2. The van der Waals surface area contributed by atoms with Gasteiger partial charge in [0, 0.05) is 24.3 Å². The molecule has 2 aromatic carbocycles. The van der Waals surface area contributed by atoms with Crippen molar-refractivity contribution < 1.29 is 13.6 Å². The average Bonchev–Trinajstić information content (AvgIpc) is 2.52. The van der Waals surface area contributed by atoms with Crippen molar-refractivity contribution in [1.82, 2.24) is 0 Å². The van der Waals surface area contributed by atoms with Crippen molar-refractivity contribution in [2.24, 2.45) is 0 Å². The van der Waals surface area contributed by atoms with Crippen molar-refractivity contribution in [2.75, 3.05) is 17.2 Å². The third kappa shape index (κ3) is 4.54. The first-order chi connectivity index (χ1) is 11.4. The maximum Gasteiger partial charge on any atom is 0.226 e. The Morgan fingerprint density at radius 2 is 1.88 bits per heavy atom. The number of halogens is 2. The topological polar surface area (TPSA) is 41.1 Å². The number of amides is 1. The summed E-state index contributed by atoms with van der Waals surface area (Å²) in [4.78, 5) is 12.2. The Hall–Kier alpha value is -2.43. The molecule has 128 valence electrons. The normalized spacial score (nSPS) is 10.8. The van der Waals surface area contributed by atoms with E-state index in [2.05, 4.69) is 24.5 Å². The van der Waals surface area contributed by atoms with Gasteiger partial charge in [-0.1, -0.05) is 32.0 Å². The molecule has 0 aliphatic heterocycles. The number of nitrogens with one attached hydrogen (secondary N) is 2. The van der Waals surface area contributed by atoms with Crippen LogP contribution >= 0.6 is 0 Å². The minimum atomic E-state index is -0.911. The van der Waals surface area contributed by atoms with Gasteiger partial charge in [-0.3, -0.25) is 4.79 Å². The van der Waals surface area contributed by atoms with Crippen LogP contribution in [0.15, 0.2) is 36.4 Å². The largest absolute Gasteiger partial charge is 0.384 e. The number of para-hydroxylation sites is 1. The van der Waals surface area contributed by atoms with Gasteiger partial charge < -0.3 is 10.6 Å². The summed E-state index contributed by atoms with van der Waals surface area (Å²) in [6.45, 7) is 6.45. The summed E-state index contributed by atoms with van der Waals surface area (Å²) in [5, 5.41) is 5.87. The molecule has 0 fully saturated rings. The maximum atomic E-state index is 13.1. The molecule has 0 aliphatic carbocycles. The molecule has 0 radical (unpaired) electrons. The molecule has 2 aromatic rings. The van der Waals surface area contributed by atoms with Gasteiger partial charge in [0.2, 0.25) is 5.91 Å². The Kier molecular flexibility index (Phi) is 5.90. The molecule has 0 saturated carbocycles. The minimum absolute atomic E-state index is 0.124. The number of rotatable bonds is 6. The molecule has 0 aromatic heterocycles.